The second kappa shape index (κ2) is 8.61. The van der Waals surface area contributed by atoms with Crippen LogP contribution in [0.15, 0.2) is 48.7 Å². The van der Waals surface area contributed by atoms with Gasteiger partial charge in [-0.15, -0.1) is 0 Å². The van der Waals surface area contributed by atoms with Crippen LogP contribution in [0.5, 0.6) is 0 Å². The molecule has 0 bridgehead atoms. The minimum Gasteiger partial charge on any atom is -0.311 e. The lowest BCUT2D eigenvalue weighted by molar-refractivity contribution is -0.116. The molecule has 0 aliphatic carbocycles. The first-order chi connectivity index (χ1) is 15.6. The summed E-state index contributed by atoms with van der Waals surface area (Å²) in [6, 6.07) is 12.6. The van der Waals surface area contributed by atoms with E-state index < -0.39 is 0 Å². The van der Waals surface area contributed by atoms with Gasteiger partial charge in [-0.2, -0.15) is 9.78 Å². The maximum absolute atomic E-state index is 12.7. The van der Waals surface area contributed by atoms with Crippen molar-refractivity contribution >= 4 is 23.5 Å². The quantitative estimate of drug-likeness (QED) is 0.581. The van der Waals surface area contributed by atoms with Gasteiger partial charge in [0.1, 0.15) is 5.82 Å². The maximum atomic E-state index is 12.7. The zero-order valence-corrected chi connectivity index (χ0v) is 19.3. The molecule has 3 amide bonds. The summed E-state index contributed by atoms with van der Waals surface area (Å²) in [6.45, 7) is 8.21. The zero-order valence-electron chi connectivity index (χ0n) is 19.3. The van der Waals surface area contributed by atoms with E-state index >= 15 is 0 Å². The van der Waals surface area contributed by atoms with Gasteiger partial charge < -0.3 is 5.32 Å². The van der Waals surface area contributed by atoms with E-state index in [1.807, 2.05) is 58.0 Å². The van der Waals surface area contributed by atoms with Crippen LogP contribution in [0.25, 0.3) is 5.82 Å². The number of hydrogen-bond acceptors (Lipinski definition) is 5. The van der Waals surface area contributed by atoms with E-state index in [-0.39, 0.29) is 36.1 Å². The minimum atomic E-state index is -0.307. The van der Waals surface area contributed by atoms with Crippen LogP contribution < -0.4 is 5.32 Å². The molecular weight excluding hydrogens is 418 g/mol. The molecule has 0 radical (unpaired) electrons. The summed E-state index contributed by atoms with van der Waals surface area (Å²) in [7, 11) is 0. The predicted octanol–water partition coefficient (Wildman–Crippen LogP) is 3.89. The molecular formula is C25H27N5O3. The Labute approximate surface area is 192 Å². The van der Waals surface area contributed by atoms with Crippen molar-refractivity contribution in [2.75, 3.05) is 11.9 Å². The van der Waals surface area contributed by atoms with Gasteiger partial charge in [0.15, 0.2) is 5.82 Å². The van der Waals surface area contributed by atoms with Gasteiger partial charge >= 0.3 is 0 Å². The molecule has 8 nitrogen and oxygen atoms in total. The molecule has 33 heavy (non-hydrogen) atoms. The van der Waals surface area contributed by atoms with Crippen molar-refractivity contribution in [1.82, 2.24) is 19.7 Å². The molecule has 3 aromatic rings. The van der Waals surface area contributed by atoms with Crippen molar-refractivity contribution in [3.8, 4) is 5.82 Å². The highest BCUT2D eigenvalue weighted by atomic mass is 16.2. The van der Waals surface area contributed by atoms with Gasteiger partial charge in [0.25, 0.3) is 11.8 Å². The van der Waals surface area contributed by atoms with Crippen LogP contribution in [0.4, 0.5) is 5.82 Å². The third-order valence-electron chi connectivity index (χ3n) is 5.52. The van der Waals surface area contributed by atoms with E-state index in [4.69, 9.17) is 0 Å². The van der Waals surface area contributed by atoms with Gasteiger partial charge in [0.05, 0.1) is 16.8 Å². The van der Waals surface area contributed by atoms with Gasteiger partial charge in [0, 0.05) is 30.6 Å². The number of anilines is 1. The average Bonchev–Trinajstić information content (AvgIpc) is 3.29. The fourth-order valence-corrected chi connectivity index (χ4v) is 3.70. The summed E-state index contributed by atoms with van der Waals surface area (Å²) in [5.41, 5.74) is 2.39. The monoisotopic (exact) mass is 445 g/mol. The Bertz CT molecular complexity index is 1220. The number of nitrogens with zero attached hydrogens (tertiary/aromatic N) is 4. The molecule has 3 heterocycles. The summed E-state index contributed by atoms with van der Waals surface area (Å²) >= 11 is 0. The second-order valence-corrected chi connectivity index (χ2v) is 9.23. The lowest BCUT2D eigenvalue weighted by Crippen LogP contribution is -2.31. The lowest BCUT2D eigenvalue weighted by Gasteiger charge is -2.13. The fraction of sp³-hybridized carbons (Fsp3) is 0.320. The number of benzene rings is 1. The number of amides is 3. The molecule has 8 heteroatoms. The average molecular weight is 446 g/mol. The Morgan fingerprint density at radius 1 is 1.03 bits per heavy atom. The number of pyridine rings is 1. The van der Waals surface area contributed by atoms with Gasteiger partial charge in [0.2, 0.25) is 5.91 Å². The first-order valence-corrected chi connectivity index (χ1v) is 10.9. The molecule has 1 N–H and O–H groups in total. The van der Waals surface area contributed by atoms with Crippen molar-refractivity contribution < 1.29 is 14.4 Å². The van der Waals surface area contributed by atoms with Crippen LogP contribution in [0, 0.1) is 6.92 Å². The van der Waals surface area contributed by atoms with Crippen molar-refractivity contribution in [3.05, 3.63) is 71.0 Å². The maximum Gasteiger partial charge on any atom is 0.261 e. The smallest absolute Gasteiger partial charge is 0.261 e. The first-order valence-electron chi connectivity index (χ1n) is 10.9. The Kier molecular flexibility index (Phi) is 5.84. The number of nitrogens with one attached hydrogen (secondary N) is 1. The number of hydrogen-bond donors (Lipinski definition) is 1. The molecule has 1 aliphatic rings. The fourth-order valence-electron chi connectivity index (χ4n) is 3.70. The lowest BCUT2D eigenvalue weighted by atomic mass is 9.92. The van der Waals surface area contributed by atoms with Gasteiger partial charge in [-0.05, 0) is 37.6 Å². The number of aryl methyl sites for hydroxylation is 1. The summed E-state index contributed by atoms with van der Waals surface area (Å²) in [4.78, 5) is 43.4. The molecule has 0 atom stereocenters. The summed E-state index contributed by atoms with van der Waals surface area (Å²) in [6.07, 6.45) is 2.19. The summed E-state index contributed by atoms with van der Waals surface area (Å²) < 4.78 is 1.62. The molecule has 0 fully saturated rings. The number of aromatic nitrogens is 3. The molecule has 4 rings (SSSR count). The van der Waals surface area contributed by atoms with Crippen molar-refractivity contribution in [3.63, 3.8) is 0 Å². The van der Waals surface area contributed by atoms with Crippen LogP contribution >= 0.6 is 0 Å². The molecule has 2 aromatic heterocycles. The largest absolute Gasteiger partial charge is 0.311 e. The van der Waals surface area contributed by atoms with Crippen LogP contribution in [0.3, 0.4) is 0 Å². The Balaban J connectivity index is 1.42. The van der Waals surface area contributed by atoms with E-state index in [9.17, 15) is 14.4 Å². The van der Waals surface area contributed by atoms with Crippen LogP contribution in [0.2, 0.25) is 0 Å². The molecule has 170 valence electrons. The topological polar surface area (TPSA) is 97.2 Å². The minimum absolute atomic E-state index is 0.157. The third kappa shape index (κ3) is 4.55. The van der Waals surface area contributed by atoms with E-state index in [0.29, 0.717) is 29.2 Å². The van der Waals surface area contributed by atoms with E-state index in [1.54, 1.807) is 23.0 Å². The molecule has 1 aliphatic heterocycles. The zero-order chi connectivity index (χ0) is 23.8. The number of imide groups is 1. The van der Waals surface area contributed by atoms with E-state index in [1.165, 1.54) is 4.90 Å². The predicted molar refractivity (Wildman–Crippen MR) is 124 cm³/mol. The Hall–Kier alpha value is -3.81. The van der Waals surface area contributed by atoms with E-state index in [2.05, 4.69) is 15.4 Å². The summed E-state index contributed by atoms with van der Waals surface area (Å²) in [5, 5.41) is 7.55. The number of carbonyl (C=O) groups is 3. The highest BCUT2D eigenvalue weighted by molar-refractivity contribution is 6.21. The number of rotatable bonds is 6. The van der Waals surface area contributed by atoms with Crippen molar-refractivity contribution in [2.45, 2.75) is 46.0 Å². The van der Waals surface area contributed by atoms with Gasteiger partial charge in [-0.25, -0.2) is 4.98 Å². The molecule has 0 unspecified atom stereocenters. The van der Waals surface area contributed by atoms with Crippen LogP contribution in [-0.2, 0) is 10.2 Å². The SMILES string of the molecule is Cc1ccc2c(c1)C(=O)N(CCCC(=O)Nc1cc(C(C)(C)C)nn1-c1ccccn1)C2=O. The van der Waals surface area contributed by atoms with E-state index in [0.717, 1.165) is 11.3 Å². The molecule has 0 saturated carbocycles. The highest BCUT2D eigenvalue weighted by Crippen LogP contribution is 2.26. The van der Waals surface area contributed by atoms with Gasteiger partial charge in [-0.3, -0.25) is 19.3 Å². The highest BCUT2D eigenvalue weighted by Gasteiger charge is 2.35. The third-order valence-corrected chi connectivity index (χ3v) is 5.52. The number of carbonyl (C=O) groups excluding carboxylic acids is 3. The Morgan fingerprint density at radius 2 is 1.79 bits per heavy atom. The van der Waals surface area contributed by atoms with Gasteiger partial charge in [-0.1, -0.05) is 38.5 Å². The summed E-state index contributed by atoms with van der Waals surface area (Å²) in [5.74, 6) is 0.296. The van der Waals surface area contributed by atoms with Crippen molar-refractivity contribution in [1.29, 1.82) is 0 Å². The molecule has 0 spiro atoms. The normalized spacial score (nSPS) is 13.4. The standard InChI is InChI=1S/C25H27N5O3/c1-16-10-11-17-18(14-16)24(33)29(23(17)32)13-7-9-22(31)27-21-15-19(25(2,3)4)28-30(21)20-8-5-6-12-26-20/h5-6,8,10-12,14-15H,7,9,13H2,1-4H3,(H,27,31). The van der Waals surface area contributed by atoms with Crippen LogP contribution in [0.1, 0.15) is 65.6 Å². The van der Waals surface area contributed by atoms with Crippen LogP contribution in [-0.4, -0.2) is 43.9 Å². The first kappa shape index (κ1) is 22.4. The molecule has 1 aromatic carbocycles. The molecule has 0 saturated heterocycles. The second-order valence-electron chi connectivity index (χ2n) is 9.23. The van der Waals surface area contributed by atoms with Crippen molar-refractivity contribution in [2.24, 2.45) is 0 Å². The number of fused-ring (bicyclic) bond motifs is 1. The Morgan fingerprint density at radius 3 is 2.48 bits per heavy atom.